The van der Waals surface area contributed by atoms with E-state index in [1.165, 1.54) is 0 Å². The van der Waals surface area contributed by atoms with Gasteiger partial charge in [0.05, 0.1) is 12.2 Å². The minimum absolute atomic E-state index is 0.282. The number of nitrogens with zero attached hydrogens (tertiary/aromatic N) is 1. The van der Waals surface area contributed by atoms with Gasteiger partial charge in [0.25, 0.3) is 5.91 Å². The highest BCUT2D eigenvalue weighted by atomic mass is 16.5. The molecule has 2 N–H and O–H groups in total. The Kier molecular flexibility index (Phi) is 6.66. The second kappa shape index (κ2) is 8.75. The molecule has 6 nitrogen and oxygen atoms in total. The molecule has 0 saturated heterocycles. The number of amides is 1. The zero-order valence-corrected chi connectivity index (χ0v) is 17.0. The van der Waals surface area contributed by atoms with Gasteiger partial charge >= 0.3 is 5.97 Å². The smallest absolute Gasteiger partial charge is 0.340 e. The predicted molar refractivity (Wildman–Crippen MR) is 109 cm³/mol. The van der Waals surface area contributed by atoms with E-state index in [0.717, 1.165) is 12.2 Å². The summed E-state index contributed by atoms with van der Waals surface area (Å²) >= 11 is 0. The Morgan fingerprint density at radius 2 is 1.78 bits per heavy atom. The largest absolute Gasteiger partial charge is 0.462 e. The molecule has 0 spiro atoms. The van der Waals surface area contributed by atoms with Crippen LogP contribution >= 0.6 is 0 Å². The molecule has 0 bridgehead atoms. The Labute approximate surface area is 160 Å². The molecule has 2 aromatic rings. The maximum Gasteiger partial charge on any atom is 0.340 e. The Bertz CT molecular complexity index is 807. The van der Waals surface area contributed by atoms with Crippen LogP contribution in [0.1, 0.15) is 59.8 Å². The molecule has 1 amide bonds. The third-order valence-corrected chi connectivity index (χ3v) is 4.56. The van der Waals surface area contributed by atoms with Crippen LogP contribution in [-0.2, 0) is 4.74 Å². The van der Waals surface area contributed by atoms with Gasteiger partial charge in [-0.3, -0.25) is 4.79 Å². The van der Waals surface area contributed by atoms with Crippen molar-refractivity contribution in [3.05, 3.63) is 46.8 Å². The van der Waals surface area contributed by atoms with E-state index in [9.17, 15) is 9.59 Å². The number of H-pyrrole nitrogens is 1. The molecule has 0 aliphatic heterocycles. The summed E-state index contributed by atoms with van der Waals surface area (Å²) in [5.41, 5.74) is 3.83. The molecule has 0 atom stereocenters. The first-order valence-corrected chi connectivity index (χ1v) is 9.34. The van der Waals surface area contributed by atoms with Gasteiger partial charge < -0.3 is 19.9 Å². The molecule has 0 unspecified atom stereocenters. The van der Waals surface area contributed by atoms with Crippen molar-refractivity contribution in [2.75, 3.05) is 23.4 Å². The van der Waals surface area contributed by atoms with E-state index in [4.69, 9.17) is 4.74 Å². The van der Waals surface area contributed by atoms with Crippen molar-refractivity contribution in [3.8, 4) is 0 Å². The van der Waals surface area contributed by atoms with Crippen LogP contribution in [0.3, 0.4) is 0 Å². The normalized spacial score (nSPS) is 10.8. The number of carbonyl (C=O) groups excluding carboxylic acids is 2. The standard InChI is InChI=1S/C21H29N3O3/c1-7-24(13(3)4)17-11-9-16(10-12-17)23-20(25)19-14(5)18(15(6)22-19)21(26)27-8-2/h9-13,22H,7-8H2,1-6H3,(H,23,25). The van der Waals surface area contributed by atoms with Crippen molar-refractivity contribution in [1.29, 1.82) is 0 Å². The molecule has 1 heterocycles. The number of benzene rings is 1. The molecule has 1 aromatic heterocycles. The fourth-order valence-corrected chi connectivity index (χ4v) is 3.26. The highest BCUT2D eigenvalue weighted by Crippen LogP contribution is 2.22. The number of ether oxygens (including phenoxy) is 1. The Hall–Kier alpha value is -2.76. The predicted octanol–water partition coefficient (Wildman–Crippen LogP) is 4.30. The van der Waals surface area contributed by atoms with Gasteiger partial charge in [-0.2, -0.15) is 0 Å². The maximum absolute atomic E-state index is 12.7. The lowest BCUT2D eigenvalue weighted by atomic mass is 10.1. The first-order valence-electron chi connectivity index (χ1n) is 9.34. The summed E-state index contributed by atoms with van der Waals surface area (Å²) in [6.07, 6.45) is 0. The third kappa shape index (κ3) is 4.51. The van der Waals surface area contributed by atoms with E-state index in [2.05, 4.69) is 36.0 Å². The second-order valence-corrected chi connectivity index (χ2v) is 6.73. The van der Waals surface area contributed by atoms with Crippen molar-refractivity contribution >= 4 is 23.3 Å². The van der Waals surface area contributed by atoms with Crippen molar-refractivity contribution in [3.63, 3.8) is 0 Å². The molecular formula is C21H29N3O3. The molecule has 0 fully saturated rings. The number of esters is 1. The van der Waals surface area contributed by atoms with Crippen molar-refractivity contribution in [2.24, 2.45) is 0 Å². The van der Waals surface area contributed by atoms with Gasteiger partial charge in [0.1, 0.15) is 5.69 Å². The summed E-state index contributed by atoms with van der Waals surface area (Å²) in [6.45, 7) is 12.9. The molecule has 27 heavy (non-hydrogen) atoms. The average molecular weight is 371 g/mol. The zero-order valence-electron chi connectivity index (χ0n) is 17.0. The molecule has 6 heteroatoms. The van der Waals surface area contributed by atoms with Gasteiger partial charge in [0, 0.05) is 29.7 Å². The van der Waals surface area contributed by atoms with Crippen LogP contribution < -0.4 is 10.2 Å². The first kappa shape index (κ1) is 20.6. The molecule has 146 valence electrons. The average Bonchev–Trinajstić information content (AvgIpc) is 2.91. The quantitative estimate of drug-likeness (QED) is 0.712. The Balaban J connectivity index is 2.18. The molecule has 2 rings (SSSR count). The van der Waals surface area contributed by atoms with E-state index >= 15 is 0 Å². The monoisotopic (exact) mass is 371 g/mol. The maximum atomic E-state index is 12.7. The van der Waals surface area contributed by atoms with E-state index in [1.807, 2.05) is 24.3 Å². The molecule has 1 aromatic carbocycles. The van der Waals surface area contributed by atoms with E-state index in [0.29, 0.717) is 40.9 Å². The summed E-state index contributed by atoms with van der Waals surface area (Å²) < 4.78 is 5.07. The van der Waals surface area contributed by atoms with Gasteiger partial charge in [0.2, 0.25) is 0 Å². The highest BCUT2D eigenvalue weighted by molar-refractivity contribution is 6.06. The molecular weight excluding hydrogens is 342 g/mol. The number of hydrogen-bond acceptors (Lipinski definition) is 4. The number of nitrogens with one attached hydrogen (secondary N) is 2. The Morgan fingerprint density at radius 1 is 1.15 bits per heavy atom. The highest BCUT2D eigenvalue weighted by Gasteiger charge is 2.23. The summed E-state index contributed by atoms with van der Waals surface area (Å²) in [5.74, 6) is -0.699. The topological polar surface area (TPSA) is 74.4 Å². The molecule has 0 saturated carbocycles. The summed E-state index contributed by atoms with van der Waals surface area (Å²) in [6, 6.07) is 8.17. The van der Waals surface area contributed by atoms with E-state index in [-0.39, 0.29) is 5.91 Å². The zero-order chi connectivity index (χ0) is 20.1. The number of hydrogen-bond donors (Lipinski definition) is 2. The fraction of sp³-hybridized carbons (Fsp3) is 0.429. The van der Waals surface area contributed by atoms with Gasteiger partial charge in [-0.05, 0) is 71.4 Å². The Morgan fingerprint density at radius 3 is 2.30 bits per heavy atom. The summed E-state index contributed by atoms with van der Waals surface area (Å²) in [7, 11) is 0. The lowest BCUT2D eigenvalue weighted by Gasteiger charge is -2.27. The minimum atomic E-state index is -0.416. The number of carbonyl (C=O) groups is 2. The van der Waals surface area contributed by atoms with Crippen molar-refractivity contribution in [1.82, 2.24) is 4.98 Å². The number of aromatic nitrogens is 1. The lowest BCUT2D eigenvalue weighted by molar-refractivity contribution is 0.0525. The first-order chi connectivity index (χ1) is 12.8. The minimum Gasteiger partial charge on any atom is -0.462 e. The molecule has 0 aliphatic rings. The van der Waals surface area contributed by atoms with Crippen molar-refractivity contribution < 1.29 is 14.3 Å². The fourth-order valence-electron chi connectivity index (χ4n) is 3.26. The van der Waals surface area contributed by atoms with Gasteiger partial charge in [0.15, 0.2) is 0 Å². The summed E-state index contributed by atoms with van der Waals surface area (Å²) in [5, 5.41) is 2.88. The van der Waals surface area contributed by atoms with Gasteiger partial charge in [-0.1, -0.05) is 0 Å². The van der Waals surface area contributed by atoms with Crippen LogP contribution in [-0.4, -0.2) is 36.1 Å². The van der Waals surface area contributed by atoms with Crippen molar-refractivity contribution in [2.45, 2.75) is 47.6 Å². The van der Waals surface area contributed by atoms with Crippen LogP contribution in [0.15, 0.2) is 24.3 Å². The van der Waals surface area contributed by atoms with Crippen LogP contribution in [0.25, 0.3) is 0 Å². The lowest BCUT2D eigenvalue weighted by Crippen LogP contribution is -2.30. The molecule has 0 radical (unpaired) electrons. The second-order valence-electron chi connectivity index (χ2n) is 6.73. The van der Waals surface area contributed by atoms with Crippen LogP contribution in [0.5, 0.6) is 0 Å². The number of anilines is 2. The number of rotatable bonds is 7. The van der Waals surface area contributed by atoms with Crippen LogP contribution in [0, 0.1) is 13.8 Å². The number of aryl methyl sites for hydroxylation is 1. The van der Waals surface area contributed by atoms with E-state index in [1.54, 1.807) is 20.8 Å². The van der Waals surface area contributed by atoms with Crippen LogP contribution in [0.2, 0.25) is 0 Å². The molecule has 0 aliphatic carbocycles. The van der Waals surface area contributed by atoms with Crippen LogP contribution in [0.4, 0.5) is 11.4 Å². The summed E-state index contributed by atoms with van der Waals surface area (Å²) in [4.78, 5) is 30.0. The van der Waals surface area contributed by atoms with E-state index < -0.39 is 5.97 Å². The number of aromatic amines is 1. The third-order valence-electron chi connectivity index (χ3n) is 4.56. The van der Waals surface area contributed by atoms with Gasteiger partial charge in [-0.25, -0.2) is 4.79 Å². The SMILES string of the molecule is CCOC(=O)c1c(C)[nH]c(C(=O)Nc2ccc(N(CC)C(C)C)cc2)c1C. The van der Waals surface area contributed by atoms with Gasteiger partial charge in [-0.15, -0.1) is 0 Å².